The van der Waals surface area contributed by atoms with E-state index in [2.05, 4.69) is 5.10 Å². The molecule has 0 bridgehead atoms. The molecule has 0 saturated carbocycles. The Morgan fingerprint density at radius 2 is 1.68 bits per heavy atom. The largest absolute Gasteiger partial charge is 0.434 e. The van der Waals surface area contributed by atoms with Crippen LogP contribution in [0.2, 0.25) is 0 Å². The standard InChI is InChI=1S/C15H11F7N4O2/c16-9-3-1-2-4-10(9)26-12(15(20,21)22)8(5-25-26)13(28)23-6-11(27)24-7-14(17,18)19/h1-5H,6-7H2,(H,23,28)(H,24,27). The van der Waals surface area contributed by atoms with Crippen LogP contribution in [0.25, 0.3) is 5.69 Å². The predicted octanol–water partition coefficient (Wildman–Crippen LogP) is 2.44. The summed E-state index contributed by atoms with van der Waals surface area (Å²) in [6.07, 6.45) is -9.30. The molecular weight excluding hydrogens is 401 g/mol. The number of hydrogen-bond acceptors (Lipinski definition) is 3. The number of rotatable bonds is 5. The first-order chi connectivity index (χ1) is 12.9. The molecule has 0 saturated heterocycles. The molecule has 0 aliphatic rings. The molecule has 0 spiro atoms. The van der Waals surface area contributed by atoms with E-state index in [1.165, 1.54) is 17.4 Å². The number of benzene rings is 1. The molecule has 0 atom stereocenters. The van der Waals surface area contributed by atoms with Crippen LogP contribution in [0, 0.1) is 5.82 Å². The summed E-state index contributed by atoms with van der Waals surface area (Å²) in [4.78, 5) is 23.2. The quantitative estimate of drug-likeness (QED) is 0.741. The zero-order valence-corrected chi connectivity index (χ0v) is 13.7. The number of carbonyl (C=O) groups is 2. The predicted molar refractivity (Wildman–Crippen MR) is 79.9 cm³/mol. The SMILES string of the molecule is O=C(CNC(=O)c1cnn(-c2ccccc2F)c1C(F)(F)F)NCC(F)(F)F. The van der Waals surface area contributed by atoms with Crippen LogP contribution < -0.4 is 10.6 Å². The van der Waals surface area contributed by atoms with Crippen molar-refractivity contribution in [3.05, 3.63) is 47.5 Å². The number of amides is 2. The molecule has 0 unspecified atom stereocenters. The lowest BCUT2D eigenvalue weighted by atomic mass is 10.2. The molecule has 2 rings (SSSR count). The molecule has 1 aromatic heterocycles. The third-order valence-corrected chi connectivity index (χ3v) is 3.26. The third-order valence-electron chi connectivity index (χ3n) is 3.26. The Balaban J connectivity index is 2.23. The third kappa shape index (κ3) is 5.20. The highest BCUT2D eigenvalue weighted by molar-refractivity contribution is 5.97. The fraction of sp³-hybridized carbons (Fsp3) is 0.267. The van der Waals surface area contributed by atoms with Crippen molar-refractivity contribution >= 4 is 11.8 Å². The van der Waals surface area contributed by atoms with Gasteiger partial charge in [-0.15, -0.1) is 0 Å². The number of carbonyl (C=O) groups excluding carboxylic acids is 2. The highest BCUT2D eigenvalue weighted by Gasteiger charge is 2.41. The van der Waals surface area contributed by atoms with E-state index in [0.717, 1.165) is 12.1 Å². The van der Waals surface area contributed by atoms with Gasteiger partial charge in [0.25, 0.3) is 5.91 Å². The molecule has 2 N–H and O–H groups in total. The van der Waals surface area contributed by atoms with Gasteiger partial charge in [0.1, 0.15) is 18.0 Å². The molecule has 13 heteroatoms. The second kappa shape index (κ2) is 7.86. The van der Waals surface area contributed by atoms with Crippen molar-refractivity contribution in [1.82, 2.24) is 20.4 Å². The van der Waals surface area contributed by atoms with Crippen molar-refractivity contribution in [2.45, 2.75) is 12.4 Å². The van der Waals surface area contributed by atoms with Crippen molar-refractivity contribution in [2.24, 2.45) is 0 Å². The van der Waals surface area contributed by atoms with Gasteiger partial charge in [-0.1, -0.05) is 12.1 Å². The Morgan fingerprint density at radius 1 is 1.04 bits per heavy atom. The lowest BCUT2D eigenvalue weighted by Crippen LogP contribution is -2.41. The van der Waals surface area contributed by atoms with Gasteiger partial charge >= 0.3 is 12.4 Å². The molecule has 0 radical (unpaired) electrons. The van der Waals surface area contributed by atoms with Gasteiger partial charge in [0.2, 0.25) is 5.91 Å². The monoisotopic (exact) mass is 412 g/mol. The van der Waals surface area contributed by atoms with E-state index in [9.17, 15) is 40.3 Å². The molecular formula is C15H11F7N4O2. The van der Waals surface area contributed by atoms with Crippen molar-refractivity contribution in [3.63, 3.8) is 0 Å². The summed E-state index contributed by atoms with van der Waals surface area (Å²) in [6.45, 7) is -2.67. The van der Waals surface area contributed by atoms with Crippen LogP contribution in [0.5, 0.6) is 0 Å². The van der Waals surface area contributed by atoms with Gasteiger partial charge in [0, 0.05) is 0 Å². The number of hydrogen-bond donors (Lipinski definition) is 2. The molecule has 2 amide bonds. The molecule has 1 aromatic carbocycles. The second-order valence-electron chi connectivity index (χ2n) is 5.34. The van der Waals surface area contributed by atoms with E-state index in [1.54, 1.807) is 5.32 Å². The van der Waals surface area contributed by atoms with Gasteiger partial charge in [-0.25, -0.2) is 9.07 Å². The maximum absolute atomic E-state index is 13.8. The number of aromatic nitrogens is 2. The second-order valence-corrected chi connectivity index (χ2v) is 5.34. The lowest BCUT2D eigenvalue weighted by molar-refractivity contribution is -0.143. The van der Waals surface area contributed by atoms with Gasteiger partial charge in [0.15, 0.2) is 5.69 Å². The van der Waals surface area contributed by atoms with Crippen LogP contribution in [-0.2, 0) is 11.0 Å². The number of alkyl halides is 6. The molecule has 152 valence electrons. The summed E-state index contributed by atoms with van der Waals surface area (Å²) in [7, 11) is 0. The van der Waals surface area contributed by atoms with E-state index < -0.39 is 60.0 Å². The minimum atomic E-state index is -5.12. The summed E-state index contributed by atoms with van der Waals surface area (Å²) >= 11 is 0. The van der Waals surface area contributed by atoms with Gasteiger partial charge in [-0.05, 0) is 12.1 Å². The maximum Gasteiger partial charge on any atom is 0.434 e. The molecule has 6 nitrogen and oxygen atoms in total. The van der Waals surface area contributed by atoms with Gasteiger partial charge in [-0.2, -0.15) is 31.4 Å². The Morgan fingerprint density at radius 3 is 2.25 bits per heavy atom. The Kier molecular flexibility index (Phi) is 5.95. The molecule has 2 aromatic rings. The van der Waals surface area contributed by atoms with Crippen molar-refractivity contribution < 1.29 is 40.3 Å². The maximum atomic E-state index is 13.8. The van der Waals surface area contributed by atoms with Crippen molar-refractivity contribution in [2.75, 3.05) is 13.1 Å². The van der Waals surface area contributed by atoms with Gasteiger partial charge in [-0.3, -0.25) is 9.59 Å². The Hall–Kier alpha value is -3.12. The molecule has 0 aliphatic carbocycles. The molecule has 0 aliphatic heterocycles. The van der Waals surface area contributed by atoms with Crippen molar-refractivity contribution in [3.8, 4) is 5.69 Å². The highest BCUT2D eigenvalue weighted by Crippen LogP contribution is 2.34. The fourth-order valence-corrected chi connectivity index (χ4v) is 2.11. The number of nitrogens with zero attached hydrogens (tertiary/aromatic N) is 2. The summed E-state index contributed by atoms with van der Waals surface area (Å²) in [5, 5.41) is 6.58. The average Bonchev–Trinajstić information content (AvgIpc) is 3.03. The number of nitrogens with one attached hydrogen (secondary N) is 2. The summed E-state index contributed by atoms with van der Waals surface area (Å²) in [6, 6.07) is 4.39. The number of halogens is 7. The van der Waals surface area contributed by atoms with E-state index in [4.69, 9.17) is 0 Å². The minimum absolute atomic E-state index is 0.175. The Labute approximate surface area is 152 Å². The summed E-state index contributed by atoms with van der Waals surface area (Å²) < 4.78 is 90.2. The van der Waals surface area contributed by atoms with Crippen LogP contribution in [0.4, 0.5) is 30.7 Å². The highest BCUT2D eigenvalue weighted by atomic mass is 19.4. The first kappa shape index (κ1) is 21.2. The number of para-hydroxylation sites is 1. The van der Waals surface area contributed by atoms with Crippen LogP contribution in [0.3, 0.4) is 0 Å². The first-order valence-electron chi connectivity index (χ1n) is 7.42. The van der Waals surface area contributed by atoms with E-state index in [0.29, 0.717) is 6.20 Å². The zero-order chi connectivity index (χ0) is 21.1. The zero-order valence-electron chi connectivity index (χ0n) is 13.7. The molecule has 1 heterocycles. The topological polar surface area (TPSA) is 76.0 Å². The van der Waals surface area contributed by atoms with Crippen LogP contribution >= 0.6 is 0 Å². The average molecular weight is 412 g/mol. The first-order valence-corrected chi connectivity index (χ1v) is 7.42. The van der Waals surface area contributed by atoms with Gasteiger partial charge in [0.05, 0.1) is 18.3 Å². The van der Waals surface area contributed by atoms with E-state index in [-0.39, 0.29) is 4.68 Å². The van der Waals surface area contributed by atoms with E-state index >= 15 is 0 Å². The van der Waals surface area contributed by atoms with Crippen LogP contribution in [0.1, 0.15) is 16.1 Å². The smallest absolute Gasteiger partial charge is 0.345 e. The Bertz CT molecular complexity index is 874. The van der Waals surface area contributed by atoms with Crippen LogP contribution in [-0.4, -0.2) is 40.9 Å². The molecule has 28 heavy (non-hydrogen) atoms. The summed E-state index contributed by atoms with van der Waals surface area (Å²) in [5.74, 6) is -3.72. The van der Waals surface area contributed by atoms with Crippen LogP contribution in [0.15, 0.2) is 30.5 Å². The fourth-order valence-electron chi connectivity index (χ4n) is 2.11. The van der Waals surface area contributed by atoms with E-state index in [1.807, 2.05) is 0 Å². The van der Waals surface area contributed by atoms with Crippen molar-refractivity contribution in [1.29, 1.82) is 0 Å². The van der Waals surface area contributed by atoms with Gasteiger partial charge < -0.3 is 10.6 Å². The molecule has 0 fully saturated rings. The summed E-state index contributed by atoms with van der Waals surface area (Å²) in [5.41, 5.74) is -3.21. The minimum Gasteiger partial charge on any atom is -0.345 e. The lowest BCUT2D eigenvalue weighted by Gasteiger charge is -2.13. The normalized spacial score (nSPS) is 12.0.